The fourth-order valence-corrected chi connectivity index (χ4v) is 1.81. The van der Waals surface area contributed by atoms with Crippen LogP contribution < -0.4 is 9.47 Å². The van der Waals surface area contributed by atoms with Gasteiger partial charge in [-0.15, -0.1) is 5.10 Å². The standard InChI is InChI=1S/C11H12N2O3S/c1-2-15-8-4-3-5-9(6-8)16-11-13-12-10(7-14)17-11/h3-6,14H,2,7H2,1H3. The lowest BCUT2D eigenvalue weighted by Crippen LogP contribution is -1.91. The Kier molecular flexibility index (Phi) is 3.89. The lowest BCUT2D eigenvalue weighted by Gasteiger charge is -2.05. The van der Waals surface area contributed by atoms with Crippen LogP contribution >= 0.6 is 11.3 Å². The Morgan fingerprint density at radius 3 is 2.82 bits per heavy atom. The Morgan fingerprint density at radius 1 is 1.29 bits per heavy atom. The molecule has 6 heteroatoms. The van der Waals surface area contributed by atoms with E-state index in [0.717, 1.165) is 5.75 Å². The average molecular weight is 252 g/mol. The minimum Gasteiger partial charge on any atom is -0.494 e. The molecule has 1 aromatic carbocycles. The van der Waals surface area contributed by atoms with E-state index in [0.29, 0.717) is 22.6 Å². The molecule has 2 rings (SSSR count). The third kappa shape index (κ3) is 3.15. The zero-order chi connectivity index (χ0) is 12.1. The maximum atomic E-state index is 8.86. The van der Waals surface area contributed by atoms with E-state index < -0.39 is 0 Å². The van der Waals surface area contributed by atoms with Crippen molar-refractivity contribution in [3.05, 3.63) is 29.3 Å². The van der Waals surface area contributed by atoms with Crippen LogP contribution in [0.15, 0.2) is 24.3 Å². The number of hydrogen-bond donors (Lipinski definition) is 1. The van der Waals surface area contributed by atoms with E-state index in [-0.39, 0.29) is 6.61 Å². The van der Waals surface area contributed by atoms with Crippen LogP contribution in [0.2, 0.25) is 0 Å². The molecule has 0 saturated heterocycles. The maximum absolute atomic E-state index is 8.86. The van der Waals surface area contributed by atoms with Gasteiger partial charge in [-0.05, 0) is 19.1 Å². The van der Waals surface area contributed by atoms with Gasteiger partial charge in [-0.2, -0.15) is 0 Å². The Balaban J connectivity index is 2.09. The summed E-state index contributed by atoms with van der Waals surface area (Å²) in [5.74, 6) is 1.38. The second-order valence-electron chi connectivity index (χ2n) is 3.13. The Hall–Kier alpha value is -1.66. The van der Waals surface area contributed by atoms with Gasteiger partial charge in [-0.3, -0.25) is 0 Å². The average Bonchev–Trinajstić information content (AvgIpc) is 2.78. The van der Waals surface area contributed by atoms with Crippen molar-refractivity contribution < 1.29 is 14.6 Å². The molecular formula is C11H12N2O3S. The molecule has 0 aliphatic carbocycles. The van der Waals surface area contributed by atoms with Gasteiger partial charge in [0.25, 0.3) is 5.19 Å². The van der Waals surface area contributed by atoms with Crippen LogP contribution in [0.1, 0.15) is 11.9 Å². The van der Waals surface area contributed by atoms with Crippen LogP contribution in [0, 0.1) is 0 Å². The lowest BCUT2D eigenvalue weighted by atomic mass is 10.3. The minimum absolute atomic E-state index is 0.125. The van der Waals surface area contributed by atoms with Gasteiger partial charge in [0.2, 0.25) is 0 Å². The zero-order valence-electron chi connectivity index (χ0n) is 9.29. The molecule has 0 aliphatic rings. The quantitative estimate of drug-likeness (QED) is 0.884. The van der Waals surface area contributed by atoms with E-state index in [9.17, 15) is 0 Å². The van der Waals surface area contributed by atoms with Crippen molar-refractivity contribution in [1.82, 2.24) is 10.2 Å². The molecule has 90 valence electrons. The third-order valence-corrected chi connectivity index (χ3v) is 2.69. The summed E-state index contributed by atoms with van der Waals surface area (Å²) >= 11 is 1.21. The van der Waals surface area contributed by atoms with E-state index in [1.807, 2.05) is 25.1 Å². The Morgan fingerprint density at radius 2 is 2.12 bits per heavy atom. The maximum Gasteiger partial charge on any atom is 0.299 e. The van der Waals surface area contributed by atoms with Crippen LogP contribution in [-0.4, -0.2) is 21.9 Å². The van der Waals surface area contributed by atoms with Gasteiger partial charge in [0.1, 0.15) is 16.5 Å². The molecular weight excluding hydrogens is 240 g/mol. The van der Waals surface area contributed by atoms with Crippen molar-refractivity contribution in [2.75, 3.05) is 6.61 Å². The molecule has 1 aromatic heterocycles. The lowest BCUT2D eigenvalue weighted by molar-refractivity contribution is 0.280. The van der Waals surface area contributed by atoms with E-state index in [1.54, 1.807) is 6.07 Å². The van der Waals surface area contributed by atoms with Crippen LogP contribution in [0.3, 0.4) is 0 Å². The predicted octanol–water partition coefficient (Wildman–Crippen LogP) is 2.22. The van der Waals surface area contributed by atoms with Crippen molar-refractivity contribution in [3.63, 3.8) is 0 Å². The Labute approximate surface area is 103 Å². The molecule has 0 atom stereocenters. The molecule has 0 spiro atoms. The van der Waals surface area contributed by atoms with Gasteiger partial charge in [0.15, 0.2) is 0 Å². The predicted molar refractivity (Wildman–Crippen MR) is 63.5 cm³/mol. The van der Waals surface area contributed by atoms with Crippen LogP contribution in [-0.2, 0) is 6.61 Å². The van der Waals surface area contributed by atoms with Crippen molar-refractivity contribution >= 4 is 11.3 Å². The molecule has 17 heavy (non-hydrogen) atoms. The van der Waals surface area contributed by atoms with Crippen LogP contribution in [0.25, 0.3) is 0 Å². The molecule has 0 bridgehead atoms. The highest BCUT2D eigenvalue weighted by atomic mass is 32.1. The summed E-state index contributed by atoms with van der Waals surface area (Å²) < 4.78 is 10.9. The summed E-state index contributed by atoms with van der Waals surface area (Å²) in [6, 6.07) is 7.29. The second kappa shape index (κ2) is 5.60. The summed E-state index contributed by atoms with van der Waals surface area (Å²) in [7, 11) is 0. The van der Waals surface area contributed by atoms with Crippen molar-refractivity contribution in [2.45, 2.75) is 13.5 Å². The van der Waals surface area contributed by atoms with Crippen LogP contribution in [0.4, 0.5) is 0 Å². The number of aliphatic hydroxyl groups is 1. The fraction of sp³-hybridized carbons (Fsp3) is 0.273. The summed E-state index contributed by atoms with van der Waals surface area (Å²) in [6.45, 7) is 2.41. The zero-order valence-corrected chi connectivity index (χ0v) is 10.1. The van der Waals surface area contributed by atoms with E-state index in [4.69, 9.17) is 14.6 Å². The molecule has 1 heterocycles. The fourth-order valence-electron chi connectivity index (χ4n) is 1.24. The first-order valence-electron chi connectivity index (χ1n) is 5.15. The van der Waals surface area contributed by atoms with Gasteiger partial charge in [0, 0.05) is 6.07 Å². The van der Waals surface area contributed by atoms with Crippen molar-refractivity contribution in [2.24, 2.45) is 0 Å². The number of aliphatic hydroxyl groups excluding tert-OH is 1. The normalized spacial score (nSPS) is 10.2. The largest absolute Gasteiger partial charge is 0.494 e. The third-order valence-electron chi connectivity index (χ3n) is 1.91. The van der Waals surface area contributed by atoms with E-state index in [1.165, 1.54) is 11.3 Å². The van der Waals surface area contributed by atoms with Crippen molar-refractivity contribution in [3.8, 4) is 16.7 Å². The first-order valence-corrected chi connectivity index (χ1v) is 5.97. The molecule has 5 nitrogen and oxygen atoms in total. The summed E-state index contributed by atoms with van der Waals surface area (Å²) in [5.41, 5.74) is 0. The first kappa shape index (κ1) is 11.8. The number of aromatic nitrogens is 2. The van der Waals surface area contributed by atoms with Gasteiger partial charge in [0.05, 0.1) is 13.2 Å². The number of benzene rings is 1. The topological polar surface area (TPSA) is 64.5 Å². The highest BCUT2D eigenvalue weighted by Gasteiger charge is 2.05. The molecule has 0 unspecified atom stereocenters. The van der Waals surface area contributed by atoms with E-state index >= 15 is 0 Å². The summed E-state index contributed by atoms with van der Waals surface area (Å²) in [4.78, 5) is 0. The molecule has 0 aliphatic heterocycles. The molecule has 0 saturated carbocycles. The van der Waals surface area contributed by atoms with Gasteiger partial charge in [-0.25, -0.2) is 0 Å². The molecule has 0 radical (unpaired) electrons. The number of rotatable bonds is 5. The Bertz CT molecular complexity index is 487. The first-order chi connectivity index (χ1) is 8.31. The van der Waals surface area contributed by atoms with Gasteiger partial charge < -0.3 is 14.6 Å². The SMILES string of the molecule is CCOc1cccc(Oc2nnc(CO)s2)c1. The van der Waals surface area contributed by atoms with Gasteiger partial charge in [-0.1, -0.05) is 22.5 Å². The smallest absolute Gasteiger partial charge is 0.299 e. The van der Waals surface area contributed by atoms with Gasteiger partial charge >= 0.3 is 0 Å². The van der Waals surface area contributed by atoms with Crippen LogP contribution in [0.5, 0.6) is 16.7 Å². The summed E-state index contributed by atoms with van der Waals surface area (Å²) in [5, 5.41) is 17.4. The second-order valence-corrected chi connectivity index (χ2v) is 4.15. The number of nitrogens with zero attached hydrogens (tertiary/aromatic N) is 2. The number of hydrogen-bond acceptors (Lipinski definition) is 6. The molecule has 0 amide bonds. The van der Waals surface area contributed by atoms with E-state index in [2.05, 4.69) is 10.2 Å². The highest BCUT2D eigenvalue weighted by molar-refractivity contribution is 7.13. The minimum atomic E-state index is -0.125. The molecule has 2 aromatic rings. The number of ether oxygens (including phenoxy) is 2. The summed E-state index contributed by atoms with van der Waals surface area (Å²) in [6.07, 6.45) is 0. The van der Waals surface area contributed by atoms with Crippen molar-refractivity contribution in [1.29, 1.82) is 0 Å². The monoisotopic (exact) mass is 252 g/mol. The highest BCUT2D eigenvalue weighted by Crippen LogP contribution is 2.27. The molecule has 0 fully saturated rings. The molecule has 1 N–H and O–H groups in total.